The van der Waals surface area contributed by atoms with E-state index < -0.39 is 24.5 Å². The number of aliphatic carboxylic acids is 1. The Labute approximate surface area is 132 Å². The van der Waals surface area contributed by atoms with E-state index in [4.69, 9.17) is 19.7 Å². The number of aliphatic hydroxyl groups excluding tert-OH is 2. The SMILES string of the molecule is CC(=O)Nc1cc(CO)ccc1OC1C[C@@H](O)C[C@@H](C(=O)O)O1. The first-order valence-corrected chi connectivity index (χ1v) is 7.13. The monoisotopic (exact) mass is 325 g/mol. The number of carbonyl (C=O) groups is 2. The summed E-state index contributed by atoms with van der Waals surface area (Å²) in [5.74, 6) is -1.23. The summed E-state index contributed by atoms with van der Waals surface area (Å²) in [5, 5.41) is 30.5. The van der Waals surface area contributed by atoms with E-state index in [1.54, 1.807) is 12.1 Å². The minimum Gasteiger partial charge on any atom is -0.479 e. The maximum Gasteiger partial charge on any atom is 0.333 e. The van der Waals surface area contributed by atoms with Crippen LogP contribution >= 0.6 is 0 Å². The summed E-state index contributed by atoms with van der Waals surface area (Å²) in [6.45, 7) is 1.13. The molecule has 2 rings (SSSR count). The van der Waals surface area contributed by atoms with Crippen LogP contribution in [0.1, 0.15) is 25.3 Å². The van der Waals surface area contributed by atoms with E-state index in [-0.39, 0.29) is 31.1 Å². The fraction of sp³-hybridized carbons (Fsp3) is 0.467. The van der Waals surface area contributed by atoms with Crippen LogP contribution in [0.5, 0.6) is 5.75 Å². The van der Waals surface area contributed by atoms with Crippen LogP contribution in [0.4, 0.5) is 5.69 Å². The zero-order valence-corrected chi connectivity index (χ0v) is 12.6. The first-order valence-electron chi connectivity index (χ1n) is 7.13. The topological polar surface area (TPSA) is 125 Å². The molecule has 1 aliphatic rings. The molecule has 1 amide bonds. The molecule has 1 saturated heterocycles. The molecule has 0 spiro atoms. The first-order chi connectivity index (χ1) is 10.9. The van der Waals surface area contributed by atoms with Crippen LogP contribution in [0.25, 0.3) is 0 Å². The molecule has 0 radical (unpaired) electrons. The standard InChI is InChI=1S/C15H19NO7/c1-8(18)16-11-4-9(7-17)2-3-12(11)22-14-6-10(19)5-13(23-14)15(20)21/h2-4,10,13-14,17,19H,5-7H2,1H3,(H,16,18)(H,20,21)/t10-,13-,14?/m0/s1. The van der Waals surface area contributed by atoms with Crippen LogP contribution in [0, 0.1) is 0 Å². The van der Waals surface area contributed by atoms with Crippen molar-refractivity contribution in [2.75, 3.05) is 5.32 Å². The zero-order chi connectivity index (χ0) is 17.0. The Hall–Kier alpha value is -2.16. The summed E-state index contributed by atoms with van der Waals surface area (Å²) in [6, 6.07) is 4.69. The van der Waals surface area contributed by atoms with Gasteiger partial charge < -0.3 is 30.1 Å². The van der Waals surface area contributed by atoms with Crippen molar-refractivity contribution in [3.8, 4) is 5.75 Å². The van der Waals surface area contributed by atoms with Crippen LogP contribution in [0.3, 0.4) is 0 Å². The number of hydrogen-bond donors (Lipinski definition) is 4. The molecular formula is C15H19NO7. The van der Waals surface area contributed by atoms with Crippen molar-refractivity contribution in [3.63, 3.8) is 0 Å². The minimum absolute atomic E-state index is 0.00278. The molecule has 0 aromatic heterocycles. The van der Waals surface area contributed by atoms with Crippen LogP contribution in [-0.2, 0) is 20.9 Å². The van der Waals surface area contributed by atoms with Crippen molar-refractivity contribution in [2.45, 2.75) is 44.9 Å². The van der Waals surface area contributed by atoms with Gasteiger partial charge in [0, 0.05) is 19.8 Å². The normalized spacial score (nSPS) is 24.0. The van der Waals surface area contributed by atoms with E-state index >= 15 is 0 Å². The highest BCUT2D eigenvalue weighted by atomic mass is 16.7. The summed E-state index contributed by atoms with van der Waals surface area (Å²) >= 11 is 0. The predicted molar refractivity (Wildman–Crippen MR) is 78.8 cm³/mol. The molecular weight excluding hydrogens is 306 g/mol. The van der Waals surface area contributed by atoms with E-state index in [0.717, 1.165) is 0 Å². The Morgan fingerprint density at radius 1 is 1.39 bits per heavy atom. The molecule has 1 unspecified atom stereocenters. The molecule has 126 valence electrons. The van der Waals surface area contributed by atoms with Crippen LogP contribution in [-0.4, -0.2) is 45.7 Å². The maximum absolute atomic E-state index is 11.3. The lowest BCUT2D eigenvalue weighted by Gasteiger charge is -2.31. The van der Waals surface area contributed by atoms with Gasteiger partial charge in [0.25, 0.3) is 0 Å². The molecule has 8 nitrogen and oxygen atoms in total. The predicted octanol–water partition coefficient (Wildman–Crippen LogP) is 0.467. The van der Waals surface area contributed by atoms with Crippen molar-refractivity contribution in [1.29, 1.82) is 0 Å². The van der Waals surface area contributed by atoms with Crippen LogP contribution in [0.15, 0.2) is 18.2 Å². The summed E-state index contributed by atoms with van der Waals surface area (Å²) in [6.07, 6.45) is -2.84. The van der Waals surface area contributed by atoms with Crippen molar-refractivity contribution >= 4 is 17.6 Å². The van der Waals surface area contributed by atoms with E-state index in [1.165, 1.54) is 13.0 Å². The summed E-state index contributed by atoms with van der Waals surface area (Å²) in [5.41, 5.74) is 0.911. The lowest BCUT2D eigenvalue weighted by atomic mass is 10.1. The number of ether oxygens (including phenoxy) is 2. The number of benzene rings is 1. The molecule has 0 saturated carbocycles. The second-order valence-corrected chi connectivity index (χ2v) is 5.31. The number of hydrogen-bond acceptors (Lipinski definition) is 6. The van der Waals surface area contributed by atoms with Gasteiger partial charge in [-0.3, -0.25) is 4.79 Å². The molecule has 0 bridgehead atoms. The van der Waals surface area contributed by atoms with E-state index in [2.05, 4.69) is 5.32 Å². The Balaban J connectivity index is 2.17. The van der Waals surface area contributed by atoms with Crippen LogP contribution < -0.4 is 10.1 Å². The number of carboxylic acids is 1. The highest BCUT2D eigenvalue weighted by Gasteiger charge is 2.34. The minimum atomic E-state index is -1.17. The molecule has 8 heteroatoms. The van der Waals surface area contributed by atoms with Crippen LogP contribution in [0.2, 0.25) is 0 Å². The van der Waals surface area contributed by atoms with Gasteiger partial charge in [-0.15, -0.1) is 0 Å². The molecule has 3 atom stereocenters. The molecule has 1 aromatic carbocycles. The van der Waals surface area contributed by atoms with Gasteiger partial charge in [-0.2, -0.15) is 0 Å². The largest absolute Gasteiger partial charge is 0.479 e. The highest BCUT2D eigenvalue weighted by molar-refractivity contribution is 5.90. The number of rotatable bonds is 5. The molecule has 1 aromatic rings. The average Bonchev–Trinajstić information content (AvgIpc) is 2.47. The lowest BCUT2D eigenvalue weighted by molar-refractivity contribution is -0.195. The fourth-order valence-electron chi connectivity index (χ4n) is 2.30. The molecule has 0 aliphatic carbocycles. The van der Waals surface area contributed by atoms with Gasteiger partial charge >= 0.3 is 5.97 Å². The van der Waals surface area contributed by atoms with Gasteiger partial charge in [0.1, 0.15) is 5.75 Å². The number of aliphatic hydroxyl groups is 2. The number of anilines is 1. The van der Waals surface area contributed by atoms with Gasteiger partial charge in [-0.25, -0.2) is 4.79 Å². The summed E-state index contributed by atoms with van der Waals surface area (Å²) in [7, 11) is 0. The van der Waals surface area contributed by atoms with Gasteiger partial charge in [0.05, 0.1) is 18.4 Å². The van der Waals surface area contributed by atoms with Crippen molar-refractivity contribution in [2.24, 2.45) is 0 Å². The molecule has 4 N–H and O–H groups in total. The van der Waals surface area contributed by atoms with Gasteiger partial charge in [0.15, 0.2) is 6.10 Å². The Morgan fingerprint density at radius 3 is 2.74 bits per heavy atom. The van der Waals surface area contributed by atoms with Gasteiger partial charge in [-0.05, 0) is 17.7 Å². The summed E-state index contributed by atoms with van der Waals surface area (Å²) < 4.78 is 10.9. The lowest BCUT2D eigenvalue weighted by Crippen LogP contribution is -2.42. The van der Waals surface area contributed by atoms with Crippen molar-refractivity contribution in [3.05, 3.63) is 23.8 Å². The maximum atomic E-state index is 11.3. The quantitative estimate of drug-likeness (QED) is 0.620. The highest BCUT2D eigenvalue weighted by Crippen LogP contribution is 2.30. The third kappa shape index (κ3) is 4.65. The smallest absolute Gasteiger partial charge is 0.333 e. The first kappa shape index (κ1) is 17.2. The molecule has 1 aliphatic heterocycles. The molecule has 1 heterocycles. The number of carbonyl (C=O) groups excluding carboxylic acids is 1. The van der Waals surface area contributed by atoms with Crippen molar-refractivity contribution < 1.29 is 34.4 Å². The Kier molecular flexibility index (Phi) is 5.54. The van der Waals surface area contributed by atoms with E-state index in [0.29, 0.717) is 11.3 Å². The van der Waals surface area contributed by atoms with E-state index in [9.17, 15) is 14.7 Å². The third-order valence-electron chi connectivity index (χ3n) is 3.34. The second kappa shape index (κ2) is 7.40. The van der Waals surface area contributed by atoms with E-state index in [1.807, 2.05) is 0 Å². The second-order valence-electron chi connectivity index (χ2n) is 5.31. The number of nitrogens with one attached hydrogen (secondary N) is 1. The Morgan fingerprint density at radius 2 is 2.13 bits per heavy atom. The fourth-order valence-corrected chi connectivity index (χ4v) is 2.30. The Bertz CT molecular complexity index is 589. The third-order valence-corrected chi connectivity index (χ3v) is 3.34. The molecule has 1 fully saturated rings. The zero-order valence-electron chi connectivity index (χ0n) is 12.6. The van der Waals surface area contributed by atoms with Gasteiger partial charge in [-0.1, -0.05) is 6.07 Å². The molecule has 23 heavy (non-hydrogen) atoms. The van der Waals surface area contributed by atoms with Gasteiger partial charge in [0.2, 0.25) is 12.2 Å². The number of amides is 1. The summed E-state index contributed by atoms with van der Waals surface area (Å²) in [4.78, 5) is 22.3. The average molecular weight is 325 g/mol. The van der Waals surface area contributed by atoms with Crippen molar-refractivity contribution in [1.82, 2.24) is 0 Å². The number of carboxylic acid groups (broad SMARTS) is 1.